The van der Waals surface area contributed by atoms with Gasteiger partial charge in [0.2, 0.25) is 0 Å². The Hall–Kier alpha value is -1.59. The Morgan fingerprint density at radius 2 is 1.37 bits per heavy atom. The minimum absolute atomic E-state index is 0.0162. The molecule has 51 heavy (non-hydrogen) atoms. The lowest BCUT2D eigenvalue weighted by Gasteiger charge is -2.41. The van der Waals surface area contributed by atoms with E-state index in [0.717, 1.165) is 36.8 Å². The van der Waals surface area contributed by atoms with Gasteiger partial charge in [-0.3, -0.25) is 4.18 Å². The van der Waals surface area contributed by atoms with Crippen LogP contribution in [0.1, 0.15) is 141 Å². The SMILES string of the molecule is CCCCCCCCCCCC[C@@H](O[Si](C)(C)C(C)(C)C)[C@H]1CC[C@H]([C@@H](CC[C@H]2COC(c3ccccc3)O2)OS(=O)(=O)c2ccc(C)cc2)O1. The summed E-state index contributed by atoms with van der Waals surface area (Å²) >= 11 is 0. The molecule has 0 bridgehead atoms. The molecule has 2 aliphatic rings. The lowest BCUT2D eigenvalue weighted by molar-refractivity contribution is -0.0756. The van der Waals surface area contributed by atoms with Crippen LogP contribution in [0.25, 0.3) is 0 Å². The third-order valence-electron chi connectivity index (χ3n) is 11.2. The molecular formula is C42H68O7SSi. The highest BCUT2D eigenvalue weighted by atomic mass is 32.2. The van der Waals surface area contributed by atoms with Gasteiger partial charge in [-0.15, -0.1) is 0 Å². The van der Waals surface area contributed by atoms with Gasteiger partial charge in [0.05, 0.1) is 35.9 Å². The van der Waals surface area contributed by atoms with Gasteiger partial charge >= 0.3 is 0 Å². The van der Waals surface area contributed by atoms with Crippen molar-refractivity contribution < 1.29 is 31.2 Å². The van der Waals surface area contributed by atoms with Crippen LogP contribution < -0.4 is 0 Å². The molecule has 9 heteroatoms. The highest BCUT2D eigenvalue weighted by molar-refractivity contribution is 7.86. The van der Waals surface area contributed by atoms with E-state index in [4.69, 9.17) is 22.8 Å². The van der Waals surface area contributed by atoms with Gasteiger partial charge < -0.3 is 18.6 Å². The molecule has 7 nitrogen and oxygen atoms in total. The van der Waals surface area contributed by atoms with Crippen LogP contribution in [0.3, 0.4) is 0 Å². The van der Waals surface area contributed by atoms with Gasteiger partial charge in [-0.05, 0) is 69.3 Å². The first-order valence-electron chi connectivity index (χ1n) is 19.9. The normalized spacial score (nSPS) is 22.7. The Morgan fingerprint density at radius 1 is 0.784 bits per heavy atom. The van der Waals surface area contributed by atoms with Crippen LogP contribution in [0.4, 0.5) is 0 Å². The Bertz CT molecular complexity index is 1380. The minimum atomic E-state index is -4.01. The van der Waals surface area contributed by atoms with Crippen molar-refractivity contribution in [3.8, 4) is 0 Å². The molecule has 0 aromatic heterocycles. The van der Waals surface area contributed by atoms with Crippen LogP contribution in [0.15, 0.2) is 59.5 Å². The van der Waals surface area contributed by atoms with Gasteiger partial charge in [0, 0.05) is 5.56 Å². The second-order valence-corrected chi connectivity index (χ2v) is 22.8. The predicted octanol–water partition coefficient (Wildman–Crippen LogP) is 11.2. The number of benzene rings is 2. The van der Waals surface area contributed by atoms with Gasteiger partial charge in [0.15, 0.2) is 14.6 Å². The van der Waals surface area contributed by atoms with Crippen molar-refractivity contribution in [2.45, 2.75) is 191 Å². The first-order chi connectivity index (χ1) is 24.3. The van der Waals surface area contributed by atoms with Crippen LogP contribution in [0, 0.1) is 6.92 Å². The van der Waals surface area contributed by atoms with E-state index in [9.17, 15) is 8.42 Å². The molecule has 2 aliphatic heterocycles. The molecule has 0 aliphatic carbocycles. The highest BCUT2D eigenvalue weighted by Crippen LogP contribution is 2.41. The highest BCUT2D eigenvalue weighted by Gasteiger charge is 2.44. The summed E-state index contributed by atoms with van der Waals surface area (Å²) in [4.78, 5) is 0.164. The van der Waals surface area contributed by atoms with E-state index in [1.165, 1.54) is 57.8 Å². The first kappa shape index (κ1) is 42.2. The number of aryl methyl sites for hydroxylation is 1. The molecule has 0 radical (unpaired) electrons. The summed E-state index contributed by atoms with van der Waals surface area (Å²) < 4.78 is 59.5. The number of rotatable bonds is 22. The van der Waals surface area contributed by atoms with Crippen LogP contribution in [0.2, 0.25) is 18.1 Å². The standard InChI is InChI=1S/C42H68O7SSi/c1-8-9-10-11-12-13-14-15-16-20-23-40(49-51(6,7)42(3,4)5)38-31-30-37(47-38)39(48-50(43,44)36-27-24-33(2)25-28-36)29-26-35-32-45-41(46-35)34-21-18-17-19-22-34/h17-19,21-22,24-25,27-28,35,37-41H,8-16,20,23,26,29-32H2,1-7H3/t35-,37+,38+,39+,40+,41?/m0/s1. The van der Waals surface area contributed by atoms with Crippen molar-refractivity contribution in [1.82, 2.24) is 0 Å². The zero-order valence-corrected chi connectivity index (χ0v) is 34.6. The lowest BCUT2D eigenvalue weighted by Crippen LogP contribution is -2.47. The van der Waals surface area contributed by atoms with Gasteiger partial charge in [0.1, 0.15) is 6.10 Å². The minimum Gasteiger partial charge on any atom is -0.411 e. The summed E-state index contributed by atoms with van der Waals surface area (Å²) in [7, 11) is -6.08. The molecule has 2 saturated heterocycles. The molecule has 4 rings (SSSR count). The molecule has 288 valence electrons. The Labute approximate surface area is 311 Å². The van der Waals surface area contributed by atoms with E-state index in [1.807, 2.05) is 37.3 Å². The third kappa shape index (κ3) is 13.3. The Morgan fingerprint density at radius 3 is 1.98 bits per heavy atom. The number of ether oxygens (including phenoxy) is 3. The summed E-state index contributed by atoms with van der Waals surface area (Å²) in [5, 5.41) is 0.0791. The molecular weight excluding hydrogens is 677 g/mol. The fourth-order valence-corrected chi connectivity index (χ4v) is 9.40. The first-order valence-corrected chi connectivity index (χ1v) is 24.3. The molecule has 0 amide bonds. The zero-order valence-electron chi connectivity index (χ0n) is 32.7. The van der Waals surface area contributed by atoms with Crippen molar-refractivity contribution in [1.29, 1.82) is 0 Å². The molecule has 6 atom stereocenters. The average molecular weight is 745 g/mol. The molecule has 2 aromatic carbocycles. The summed E-state index contributed by atoms with van der Waals surface area (Å²) in [5.74, 6) is 0. The second-order valence-electron chi connectivity index (χ2n) is 16.5. The molecule has 0 saturated carbocycles. The molecule has 2 aromatic rings. The van der Waals surface area contributed by atoms with Crippen molar-refractivity contribution >= 4 is 18.4 Å². The molecule has 2 heterocycles. The maximum atomic E-state index is 13.6. The van der Waals surface area contributed by atoms with Crippen molar-refractivity contribution in [3.63, 3.8) is 0 Å². The van der Waals surface area contributed by atoms with Gasteiger partial charge in [0.25, 0.3) is 10.1 Å². The largest absolute Gasteiger partial charge is 0.411 e. The van der Waals surface area contributed by atoms with E-state index >= 15 is 0 Å². The maximum Gasteiger partial charge on any atom is 0.297 e. The van der Waals surface area contributed by atoms with Gasteiger partial charge in [-0.1, -0.05) is 140 Å². The smallest absolute Gasteiger partial charge is 0.297 e. The van der Waals surface area contributed by atoms with E-state index in [-0.39, 0.29) is 34.3 Å². The number of hydrogen-bond donors (Lipinski definition) is 0. The zero-order chi connectivity index (χ0) is 36.9. The molecule has 0 spiro atoms. The molecule has 2 fully saturated rings. The monoisotopic (exact) mass is 744 g/mol. The maximum absolute atomic E-state index is 13.6. The van der Waals surface area contributed by atoms with Gasteiger partial charge in [-0.2, -0.15) is 8.42 Å². The summed E-state index contributed by atoms with van der Waals surface area (Å²) in [5.41, 5.74) is 1.97. The lowest BCUT2D eigenvalue weighted by atomic mass is 10.0. The van der Waals surface area contributed by atoms with E-state index in [2.05, 4.69) is 40.8 Å². The van der Waals surface area contributed by atoms with E-state index in [0.29, 0.717) is 19.4 Å². The van der Waals surface area contributed by atoms with Crippen LogP contribution in [0.5, 0.6) is 0 Å². The Kier molecular flexibility index (Phi) is 16.7. The summed E-state index contributed by atoms with van der Waals surface area (Å²) in [6.07, 6.45) is 14.8. The van der Waals surface area contributed by atoms with E-state index < -0.39 is 30.8 Å². The Balaban J connectivity index is 1.41. The molecule has 1 unspecified atom stereocenters. The van der Waals surface area contributed by atoms with Crippen LogP contribution >= 0.6 is 0 Å². The number of unbranched alkanes of at least 4 members (excludes halogenated alkanes) is 9. The fourth-order valence-electron chi connectivity index (χ4n) is 6.90. The average Bonchev–Trinajstić information content (AvgIpc) is 3.78. The number of hydrogen-bond acceptors (Lipinski definition) is 7. The van der Waals surface area contributed by atoms with Crippen LogP contribution in [-0.2, 0) is 32.9 Å². The predicted molar refractivity (Wildman–Crippen MR) is 209 cm³/mol. The summed E-state index contributed by atoms with van der Waals surface area (Å²) in [6, 6.07) is 16.8. The van der Waals surface area contributed by atoms with E-state index in [1.54, 1.807) is 24.3 Å². The quantitative estimate of drug-likeness (QED) is 0.0674. The van der Waals surface area contributed by atoms with Gasteiger partial charge in [-0.25, -0.2) is 0 Å². The van der Waals surface area contributed by atoms with Crippen LogP contribution in [-0.4, -0.2) is 53.9 Å². The van der Waals surface area contributed by atoms with Crippen molar-refractivity contribution in [2.24, 2.45) is 0 Å². The van der Waals surface area contributed by atoms with Crippen molar-refractivity contribution in [3.05, 3.63) is 65.7 Å². The fraction of sp³-hybridized carbons (Fsp3) is 0.714. The summed E-state index contributed by atoms with van der Waals surface area (Å²) in [6.45, 7) is 16.1. The van der Waals surface area contributed by atoms with Crippen molar-refractivity contribution in [2.75, 3.05) is 6.61 Å². The second kappa shape index (κ2) is 20.2. The third-order valence-corrected chi connectivity index (χ3v) is 17.0. The topological polar surface area (TPSA) is 80.3 Å². The molecule has 0 N–H and O–H groups in total.